The minimum absolute atomic E-state index is 0.110. The van der Waals surface area contributed by atoms with Crippen molar-refractivity contribution in [1.29, 1.82) is 0 Å². The number of carbonyl (C=O) groups excluding carboxylic acids is 1. The van der Waals surface area contributed by atoms with Gasteiger partial charge in [0.05, 0.1) is 0 Å². The number of hydrogen-bond donors (Lipinski definition) is 0. The zero-order chi connectivity index (χ0) is 19.8. The van der Waals surface area contributed by atoms with Crippen LogP contribution >= 0.6 is 0 Å². The van der Waals surface area contributed by atoms with Gasteiger partial charge in [0.2, 0.25) is 0 Å². The van der Waals surface area contributed by atoms with Crippen molar-refractivity contribution in [2.75, 3.05) is 0 Å². The van der Waals surface area contributed by atoms with Gasteiger partial charge in [-0.1, -0.05) is 0 Å². The molecule has 0 heterocycles. The van der Waals surface area contributed by atoms with Crippen molar-refractivity contribution < 1.29 is 4.79 Å². The summed E-state index contributed by atoms with van der Waals surface area (Å²) < 4.78 is 5.71. The second kappa shape index (κ2) is 16.0. The molecule has 0 rings (SSSR count). The fraction of sp³-hybridized carbons (Fsp3) is 0.792. The van der Waals surface area contributed by atoms with Crippen molar-refractivity contribution in [1.82, 2.24) is 0 Å². The van der Waals surface area contributed by atoms with Crippen LogP contribution in [0.2, 0.25) is 13.3 Å². The maximum absolute atomic E-state index is 13.0. The van der Waals surface area contributed by atoms with Gasteiger partial charge < -0.3 is 0 Å². The van der Waals surface area contributed by atoms with Crippen molar-refractivity contribution in [3.63, 3.8) is 0 Å². The van der Waals surface area contributed by atoms with Gasteiger partial charge >= 0.3 is 169 Å². The van der Waals surface area contributed by atoms with Crippen LogP contribution < -0.4 is 0 Å². The molecule has 0 saturated heterocycles. The fourth-order valence-electron chi connectivity index (χ4n) is 4.02. The molecule has 0 radical (unpaired) electrons. The quantitative estimate of drug-likeness (QED) is 0.155. The molecule has 0 spiro atoms. The molecule has 0 aliphatic rings. The molecule has 1 unspecified atom stereocenters. The van der Waals surface area contributed by atoms with Gasteiger partial charge in [-0.05, 0) is 0 Å². The second-order valence-corrected chi connectivity index (χ2v) is 21.4. The minimum atomic E-state index is -2.54. The molecule has 0 aliphatic heterocycles. The van der Waals surface area contributed by atoms with Gasteiger partial charge in [0.15, 0.2) is 0 Å². The van der Waals surface area contributed by atoms with E-state index in [-0.39, 0.29) is 5.92 Å². The van der Waals surface area contributed by atoms with Crippen LogP contribution in [0.5, 0.6) is 0 Å². The van der Waals surface area contributed by atoms with Crippen molar-refractivity contribution in [3.05, 3.63) is 22.3 Å². The van der Waals surface area contributed by atoms with Gasteiger partial charge in [-0.3, -0.25) is 0 Å². The van der Waals surface area contributed by atoms with Crippen LogP contribution in [0.3, 0.4) is 0 Å². The first-order valence-electron chi connectivity index (χ1n) is 11.4. The van der Waals surface area contributed by atoms with Gasteiger partial charge in [0.1, 0.15) is 0 Å². The van der Waals surface area contributed by atoms with E-state index in [9.17, 15) is 4.79 Å². The number of allylic oxidation sites excluding steroid dienone is 3. The molecule has 0 aromatic carbocycles. The summed E-state index contributed by atoms with van der Waals surface area (Å²) >= 11 is -2.54. The van der Waals surface area contributed by atoms with Crippen molar-refractivity contribution >= 4 is 24.2 Å². The van der Waals surface area contributed by atoms with Crippen LogP contribution in [-0.4, -0.2) is 24.2 Å². The Bertz CT molecular complexity index is 389. The van der Waals surface area contributed by atoms with Crippen molar-refractivity contribution in [2.24, 2.45) is 5.92 Å². The summed E-state index contributed by atoms with van der Waals surface area (Å²) in [5.41, 5.74) is 0. The summed E-state index contributed by atoms with van der Waals surface area (Å²) in [6, 6.07) is 0. The van der Waals surface area contributed by atoms with Crippen LogP contribution in [0.25, 0.3) is 0 Å². The van der Waals surface area contributed by atoms with Crippen LogP contribution in [0.1, 0.15) is 98.8 Å². The molecule has 0 aromatic heterocycles. The maximum atomic E-state index is 13.0. The summed E-state index contributed by atoms with van der Waals surface area (Å²) in [5, 5.41) is 0. The van der Waals surface area contributed by atoms with Gasteiger partial charge in [-0.25, -0.2) is 0 Å². The van der Waals surface area contributed by atoms with Gasteiger partial charge in [0, 0.05) is 0 Å². The Balaban J connectivity index is 5.70. The Labute approximate surface area is 169 Å². The summed E-state index contributed by atoms with van der Waals surface area (Å²) in [6.45, 7) is 16.0. The van der Waals surface area contributed by atoms with E-state index in [0.717, 1.165) is 25.7 Å². The Hall–Kier alpha value is -0.0513. The third-order valence-corrected chi connectivity index (χ3v) is 21.9. The molecule has 2 heteroatoms. The van der Waals surface area contributed by atoms with Crippen LogP contribution in [0.15, 0.2) is 22.3 Å². The van der Waals surface area contributed by atoms with Crippen molar-refractivity contribution in [2.45, 2.75) is 112 Å². The molecule has 0 aromatic rings. The molecule has 1 atom stereocenters. The second-order valence-electron chi connectivity index (χ2n) is 8.02. The Morgan fingerprint density at radius 3 is 1.69 bits per heavy atom. The van der Waals surface area contributed by atoms with Gasteiger partial charge in [0.25, 0.3) is 0 Å². The first kappa shape index (κ1) is 25.9. The monoisotopic (exact) mass is 470 g/mol. The Morgan fingerprint density at radius 1 is 0.846 bits per heavy atom. The number of rotatable bonds is 17. The predicted molar refractivity (Wildman–Crippen MR) is 121 cm³/mol. The Kier molecular flexibility index (Phi) is 15.9. The van der Waals surface area contributed by atoms with E-state index in [1.54, 1.807) is 0 Å². The van der Waals surface area contributed by atoms with E-state index in [0.29, 0.717) is 5.78 Å². The molecule has 0 amide bonds. The number of hydrogen-bond acceptors (Lipinski definition) is 1. The predicted octanol–water partition coefficient (Wildman–Crippen LogP) is 8.27. The van der Waals surface area contributed by atoms with E-state index >= 15 is 0 Å². The van der Waals surface area contributed by atoms with E-state index in [1.807, 2.05) is 12.2 Å². The first-order valence-corrected chi connectivity index (χ1v) is 18.9. The van der Waals surface area contributed by atoms with Gasteiger partial charge in [-0.15, -0.1) is 0 Å². The molecule has 0 aliphatic carbocycles. The number of ketones is 1. The molecule has 0 bridgehead atoms. The van der Waals surface area contributed by atoms with E-state index < -0.39 is 18.4 Å². The standard InChI is InChI=1S/C12H19O.3C4H9.Sn/c1-4-7-9-11(6-3)12(13)10-8-5-2;3*1-3-4-2;/h8,10-11H,3-5,7,9H2,1-2H3;3*1,3-4H2,2H3;. The molecule has 0 N–H and O–H groups in total. The van der Waals surface area contributed by atoms with Crippen LogP contribution in [0.4, 0.5) is 0 Å². The number of carbonyl (C=O) groups is 1. The molecule has 0 saturated carbocycles. The average molecular weight is 469 g/mol. The normalized spacial score (nSPS) is 13.3. The third-order valence-electron chi connectivity index (χ3n) is 5.84. The van der Waals surface area contributed by atoms with E-state index in [4.69, 9.17) is 6.58 Å². The number of unbranched alkanes of at least 4 members (excludes halogenated alkanes) is 4. The molecule has 26 heavy (non-hydrogen) atoms. The SMILES string of the molecule is C=[C](C(CCCC)C(=O)C=CCC)[Sn]([CH2]CCC)([CH2]CCC)[CH2]CCC. The summed E-state index contributed by atoms with van der Waals surface area (Å²) in [6.07, 6.45) is 16.0. The van der Waals surface area contributed by atoms with Crippen molar-refractivity contribution in [3.8, 4) is 0 Å². The topological polar surface area (TPSA) is 17.1 Å². The molecule has 0 fully saturated rings. The zero-order valence-electron chi connectivity index (χ0n) is 18.5. The summed E-state index contributed by atoms with van der Waals surface area (Å²) in [7, 11) is 0. The Morgan fingerprint density at radius 2 is 1.31 bits per heavy atom. The molecular formula is C24H46OSn. The van der Waals surface area contributed by atoms with E-state index in [1.165, 1.54) is 55.4 Å². The summed E-state index contributed by atoms with van der Waals surface area (Å²) in [4.78, 5) is 13.0. The zero-order valence-corrected chi connectivity index (χ0v) is 21.4. The van der Waals surface area contributed by atoms with Crippen LogP contribution in [0, 0.1) is 5.92 Å². The summed E-state index contributed by atoms with van der Waals surface area (Å²) in [5.74, 6) is 0.454. The first-order chi connectivity index (χ1) is 12.5. The molecule has 152 valence electrons. The van der Waals surface area contributed by atoms with Crippen LogP contribution in [-0.2, 0) is 4.79 Å². The molecular weight excluding hydrogens is 423 g/mol. The average Bonchev–Trinajstić information content (AvgIpc) is 2.66. The third kappa shape index (κ3) is 9.24. The van der Waals surface area contributed by atoms with E-state index in [2.05, 4.69) is 34.6 Å². The fourth-order valence-corrected chi connectivity index (χ4v) is 20.7. The van der Waals surface area contributed by atoms with Gasteiger partial charge in [-0.2, -0.15) is 0 Å². The molecule has 1 nitrogen and oxygen atoms in total.